The van der Waals surface area contributed by atoms with Crippen LogP contribution >= 0.6 is 24.0 Å². The van der Waals surface area contributed by atoms with Crippen LogP contribution in [0.5, 0.6) is 0 Å². The zero-order valence-corrected chi connectivity index (χ0v) is 19.6. The fourth-order valence-corrected chi connectivity index (χ4v) is 3.40. The second-order valence-electron chi connectivity index (χ2n) is 6.49. The van der Waals surface area contributed by atoms with E-state index in [1.54, 1.807) is 14.0 Å². The molecule has 10 heteroatoms. The van der Waals surface area contributed by atoms with Crippen LogP contribution in [0.1, 0.15) is 27.2 Å². The number of hydrogen-bond donors (Lipinski definition) is 3. The maximum absolute atomic E-state index is 11.4. The zero-order chi connectivity index (χ0) is 18.7. The summed E-state index contributed by atoms with van der Waals surface area (Å²) < 4.78 is 30.7. The number of guanidine groups is 1. The molecule has 1 atom stereocenters. The molecule has 0 aromatic carbocycles. The number of rotatable bonds is 10. The quantitative estimate of drug-likeness (QED) is 0.173. The van der Waals surface area contributed by atoms with Gasteiger partial charge in [0.05, 0.1) is 19.0 Å². The Morgan fingerprint density at radius 3 is 2.38 bits per heavy atom. The third-order valence-corrected chi connectivity index (χ3v) is 5.74. The van der Waals surface area contributed by atoms with E-state index in [9.17, 15) is 8.42 Å². The largest absolute Gasteiger partial charge is 0.379 e. The van der Waals surface area contributed by atoms with Gasteiger partial charge in [0.2, 0.25) is 10.0 Å². The molecule has 0 amide bonds. The van der Waals surface area contributed by atoms with Crippen LogP contribution in [-0.2, 0) is 14.8 Å². The van der Waals surface area contributed by atoms with E-state index in [0.717, 1.165) is 38.8 Å². The summed E-state index contributed by atoms with van der Waals surface area (Å²) in [5.74, 6) is 1.39. The Bertz CT molecular complexity index is 496. The highest BCUT2D eigenvalue weighted by Gasteiger charge is 2.23. The van der Waals surface area contributed by atoms with Crippen molar-refractivity contribution in [2.75, 3.05) is 58.7 Å². The summed E-state index contributed by atoms with van der Waals surface area (Å²) in [6.07, 6.45) is 0.705. The Morgan fingerprint density at radius 2 is 1.85 bits per heavy atom. The second kappa shape index (κ2) is 13.9. The molecule has 1 aliphatic heterocycles. The first-order valence-electron chi connectivity index (χ1n) is 9.13. The maximum Gasteiger partial charge on any atom is 0.211 e. The molecule has 1 fully saturated rings. The van der Waals surface area contributed by atoms with Gasteiger partial charge in [-0.3, -0.25) is 9.89 Å². The second-order valence-corrected chi connectivity index (χ2v) is 8.59. The summed E-state index contributed by atoms with van der Waals surface area (Å²) in [6.45, 7) is 11.5. The monoisotopic (exact) mass is 505 g/mol. The molecule has 1 aliphatic rings. The van der Waals surface area contributed by atoms with E-state index < -0.39 is 10.0 Å². The van der Waals surface area contributed by atoms with Crippen molar-refractivity contribution in [2.45, 2.75) is 33.2 Å². The van der Waals surface area contributed by atoms with Crippen LogP contribution in [0.2, 0.25) is 0 Å². The van der Waals surface area contributed by atoms with Crippen LogP contribution in [0.3, 0.4) is 0 Å². The first-order chi connectivity index (χ1) is 11.9. The smallest absolute Gasteiger partial charge is 0.211 e. The van der Waals surface area contributed by atoms with Crippen molar-refractivity contribution >= 4 is 40.0 Å². The normalized spacial score (nSPS) is 17.7. The molecule has 26 heavy (non-hydrogen) atoms. The lowest BCUT2D eigenvalue weighted by Gasteiger charge is -2.37. The lowest BCUT2D eigenvalue weighted by Crippen LogP contribution is -2.52. The minimum Gasteiger partial charge on any atom is -0.379 e. The van der Waals surface area contributed by atoms with Gasteiger partial charge in [0.15, 0.2) is 5.96 Å². The Balaban J connectivity index is 0.00000625. The average Bonchev–Trinajstić information content (AvgIpc) is 2.60. The van der Waals surface area contributed by atoms with E-state index in [4.69, 9.17) is 4.74 Å². The molecule has 0 spiro atoms. The zero-order valence-electron chi connectivity index (χ0n) is 16.5. The fraction of sp³-hybridized carbons (Fsp3) is 0.938. The number of sulfonamides is 1. The van der Waals surface area contributed by atoms with E-state index in [1.807, 2.05) is 0 Å². The number of nitrogens with zero attached hydrogens (tertiary/aromatic N) is 2. The third kappa shape index (κ3) is 10.2. The van der Waals surface area contributed by atoms with Gasteiger partial charge in [-0.1, -0.05) is 13.8 Å². The Kier molecular flexibility index (Phi) is 13.8. The number of nitrogens with one attached hydrogen (secondary N) is 3. The molecule has 8 nitrogen and oxygen atoms in total. The van der Waals surface area contributed by atoms with E-state index in [1.165, 1.54) is 0 Å². The van der Waals surface area contributed by atoms with E-state index >= 15 is 0 Å². The highest BCUT2D eigenvalue weighted by Crippen LogP contribution is 2.12. The van der Waals surface area contributed by atoms with Gasteiger partial charge in [-0.2, -0.15) is 0 Å². The predicted octanol–water partition coefficient (Wildman–Crippen LogP) is 0.456. The van der Waals surface area contributed by atoms with Crippen LogP contribution in [0, 0.1) is 5.92 Å². The van der Waals surface area contributed by atoms with Crippen LogP contribution < -0.4 is 15.4 Å². The van der Waals surface area contributed by atoms with Gasteiger partial charge in [-0.05, 0) is 19.3 Å². The van der Waals surface area contributed by atoms with Crippen molar-refractivity contribution in [2.24, 2.45) is 10.9 Å². The SMILES string of the molecule is CCS(=O)(=O)NCCCNC(=NC)NCC(C(C)C)N1CCOCC1.I. The topological polar surface area (TPSA) is 95.1 Å². The first-order valence-corrected chi connectivity index (χ1v) is 10.8. The molecular weight excluding hydrogens is 469 g/mol. The van der Waals surface area contributed by atoms with Gasteiger partial charge in [-0.25, -0.2) is 13.1 Å². The predicted molar refractivity (Wildman–Crippen MR) is 118 cm³/mol. The third-order valence-electron chi connectivity index (χ3n) is 4.33. The standard InChI is InChI=1S/C16H35N5O3S.HI/c1-5-25(22,23)20-8-6-7-18-16(17-4)19-13-15(14(2)3)21-9-11-24-12-10-21;/h14-15,20H,5-13H2,1-4H3,(H2,17,18,19);1H. The molecule has 0 bridgehead atoms. The van der Waals surface area contributed by atoms with Gasteiger partial charge in [-0.15, -0.1) is 24.0 Å². The Hall–Kier alpha value is -0.170. The molecule has 0 saturated carbocycles. The van der Waals surface area contributed by atoms with Gasteiger partial charge in [0, 0.05) is 45.8 Å². The molecule has 0 aromatic heterocycles. The number of ether oxygens (including phenoxy) is 1. The Morgan fingerprint density at radius 1 is 1.19 bits per heavy atom. The highest BCUT2D eigenvalue weighted by atomic mass is 127. The fourth-order valence-electron chi connectivity index (χ4n) is 2.74. The summed E-state index contributed by atoms with van der Waals surface area (Å²) in [6, 6.07) is 0.429. The summed E-state index contributed by atoms with van der Waals surface area (Å²) >= 11 is 0. The summed E-state index contributed by atoms with van der Waals surface area (Å²) in [7, 11) is -1.36. The molecule has 1 saturated heterocycles. The molecule has 0 aromatic rings. The van der Waals surface area contributed by atoms with Gasteiger partial charge >= 0.3 is 0 Å². The first kappa shape index (κ1) is 25.8. The minimum absolute atomic E-state index is 0. The minimum atomic E-state index is -3.11. The molecule has 0 radical (unpaired) electrons. The van der Waals surface area contributed by atoms with Crippen molar-refractivity contribution in [1.29, 1.82) is 0 Å². The average molecular weight is 505 g/mol. The van der Waals surface area contributed by atoms with Crippen molar-refractivity contribution in [1.82, 2.24) is 20.3 Å². The van der Waals surface area contributed by atoms with Crippen LogP contribution in [0.15, 0.2) is 4.99 Å². The Labute approximate surface area is 176 Å². The number of halogens is 1. The molecule has 3 N–H and O–H groups in total. The van der Waals surface area contributed by atoms with Crippen molar-refractivity contribution in [3.8, 4) is 0 Å². The van der Waals surface area contributed by atoms with Gasteiger partial charge in [0.1, 0.15) is 0 Å². The van der Waals surface area contributed by atoms with Gasteiger partial charge in [0.25, 0.3) is 0 Å². The van der Waals surface area contributed by atoms with Crippen molar-refractivity contribution in [3.05, 3.63) is 0 Å². The van der Waals surface area contributed by atoms with Crippen LogP contribution in [-0.4, -0.2) is 84.1 Å². The lowest BCUT2D eigenvalue weighted by atomic mass is 10.0. The van der Waals surface area contributed by atoms with Crippen LogP contribution in [0.25, 0.3) is 0 Å². The summed E-state index contributed by atoms with van der Waals surface area (Å²) in [4.78, 5) is 6.71. The molecular formula is C16H36IN5O3S. The van der Waals surface area contributed by atoms with E-state index in [0.29, 0.717) is 31.5 Å². The summed E-state index contributed by atoms with van der Waals surface area (Å²) in [5, 5.41) is 6.62. The summed E-state index contributed by atoms with van der Waals surface area (Å²) in [5.41, 5.74) is 0. The molecule has 1 unspecified atom stereocenters. The molecule has 0 aliphatic carbocycles. The van der Waals surface area contributed by atoms with E-state index in [-0.39, 0.29) is 29.7 Å². The molecule has 1 heterocycles. The number of aliphatic imine (C=N–C) groups is 1. The molecule has 1 rings (SSSR count). The van der Waals surface area contributed by atoms with Crippen LogP contribution in [0.4, 0.5) is 0 Å². The van der Waals surface area contributed by atoms with Crippen molar-refractivity contribution in [3.63, 3.8) is 0 Å². The van der Waals surface area contributed by atoms with E-state index in [2.05, 4.69) is 39.1 Å². The lowest BCUT2D eigenvalue weighted by molar-refractivity contribution is 0.00752. The number of morpholine rings is 1. The highest BCUT2D eigenvalue weighted by molar-refractivity contribution is 14.0. The van der Waals surface area contributed by atoms with Gasteiger partial charge < -0.3 is 15.4 Å². The number of hydrogen-bond acceptors (Lipinski definition) is 5. The maximum atomic E-state index is 11.4. The van der Waals surface area contributed by atoms with Crippen molar-refractivity contribution < 1.29 is 13.2 Å². The molecule has 156 valence electrons.